The van der Waals surface area contributed by atoms with Crippen LogP contribution >= 0.6 is 11.6 Å². The average molecular weight is 531 g/mol. The molecule has 3 heterocycles. The molecule has 1 amide bonds. The molecule has 9 nitrogen and oxygen atoms in total. The summed E-state index contributed by atoms with van der Waals surface area (Å²) in [7, 11) is 6.45. The average Bonchev–Trinajstić information content (AvgIpc) is 3.54. The molecule has 1 N–H and O–H groups in total. The van der Waals surface area contributed by atoms with Gasteiger partial charge in [0.2, 0.25) is 0 Å². The molecule has 3 aromatic heterocycles. The third-order valence-electron chi connectivity index (χ3n) is 5.99. The standard InChI is InChI=1S/C26H21BClFN6O3/c1-14-7-22(35-15(2)30-12-32-35)17-5-4-6-23(24(17)33-14)38-10-18-19(8-16(29)9-20(18)28)26(3,27)34-25(36)21-11-37-13-31-21/h4-9,11-13H,10H2,1-3H3,(H,34,36)/t26-/m0/s1. The van der Waals surface area contributed by atoms with Gasteiger partial charge in [0.25, 0.3) is 5.91 Å². The van der Waals surface area contributed by atoms with Crippen LogP contribution in [0.1, 0.15) is 40.1 Å². The van der Waals surface area contributed by atoms with Crippen molar-refractivity contribution in [2.75, 3.05) is 0 Å². The molecular formula is C26H21BClFN6O3. The lowest BCUT2D eigenvalue weighted by Gasteiger charge is -2.30. The van der Waals surface area contributed by atoms with E-state index in [1.54, 1.807) is 10.7 Å². The van der Waals surface area contributed by atoms with Crippen LogP contribution in [0.5, 0.6) is 5.75 Å². The highest BCUT2D eigenvalue weighted by molar-refractivity contribution is 6.31. The fourth-order valence-electron chi connectivity index (χ4n) is 4.21. The van der Waals surface area contributed by atoms with Crippen LogP contribution in [0.3, 0.4) is 0 Å². The highest BCUT2D eigenvalue weighted by Gasteiger charge is 2.29. The van der Waals surface area contributed by atoms with Crippen molar-refractivity contribution in [2.24, 2.45) is 0 Å². The number of amides is 1. The first-order chi connectivity index (χ1) is 18.1. The Morgan fingerprint density at radius 3 is 2.79 bits per heavy atom. The van der Waals surface area contributed by atoms with Gasteiger partial charge in [0.05, 0.1) is 10.7 Å². The number of hydrogen-bond acceptors (Lipinski definition) is 7. The monoisotopic (exact) mass is 530 g/mol. The Kier molecular flexibility index (Phi) is 6.62. The van der Waals surface area contributed by atoms with E-state index in [4.69, 9.17) is 28.6 Å². The van der Waals surface area contributed by atoms with Gasteiger partial charge in [-0.05, 0) is 50.6 Å². The second-order valence-electron chi connectivity index (χ2n) is 8.89. The molecule has 190 valence electrons. The molecule has 12 heteroatoms. The molecule has 0 saturated heterocycles. The summed E-state index contributed by atoms with van der Waals surface area (Å²) < 4.78 is 27.2. The number of benzene rings is 2. The molecule has 38 heavy (non-hydrogen) atoms. The van der Waals surface area contributed by atoms with Gasteiger partial charge >= 0.3 is 0 Å². The van der Waals surface area contributed by atoms with Crippen LogP contribution < -0.4 is 10.1 Å². The van der Waals surface area contributed by atoms with Gasteiger partial charge in [0.15, 0.2) is 12.1 Å². The SMILES string of the molecule is [B][C@@](C)(NC(=O)c1cocn1)c1cc(F)cc(Cl)c1COc1cccc2c(-n3ncnc3C)cc(C)nc12. The molecule has 0 aliphatic rings. The number of oxazole rings is 1. The summed E-state index contributed by atoms with van der Waals surface area (Å²) in [6, 6.07) is 9.82. The van der Waals surface area contributed by atoms with Gasteiger partial charge in [-0.2, -0.15) is 5.10 Å². The Bertz CT molecular complexity index is 1650. The van der Waals surface area contributed by atoms with E-state index in [1.165, 1.54) is 25.6 Å². The fourth-order valence-corrected chi connectivity index (χ4v) is 4.47. The number of carbonyl (C=O) groups is 1. The number of hydrogen-bond donors (Lipinski definition) is 1. The Hall–Kier alpha value is -4.25. The number of aromatic nitrogens is 5. The summed E-state index contributed by atoms with van der Waals surface area (Å²) >= 11 is 6.45. The first-order valence-electron chi connectivity index (χ1n) is 11.5. The van der Waals surface area contributed by atoms with E-state index < -0.39 is 17.2 Å². The minimum absolute atomic E-state index is 0.0256. The van der Waals surface area contributed by atoms with Crippen molar-refractivity contribution >= 4 is 36.3 Å². The summed E-state index contributed by atoms with van der Waals surface area (Å²) in [6.45, 7) is 5.18. The number of nitrogens with one attached hydrogen (secondary N) is 1. The molecule has 0 bridgehead atoms. The molecular weight excluding hydrogens is 510 g/mol. The molecule has 0 aliphatic carbocycles. The zero-order valence-corrected chi connectivity index (χ0v) is 21.5. The minimum Gasteiger partial charge on any atom is -0.487 e. The Balaban J connectivity index is 1.51. The van der Waals surface area contributed by atoms with Crippen molar-refractivity contribution < 1.29 is 18.3 Å². The number of carbonyl (C=O) groups excluding carboxylic acids is 1. The second-order valence-corrected chi connectivity index (χ2v) is 9.29. The molecule has 0 unspecified atom stereocenters. The number of ether oxygens (including phenoxy) is 1. The van der Waals surface area contributed by atoms with Crippen LogP contribution in [0.25, 0.3) is 16.6 Å². The van der Waals surface area contributed by atoms with E-state index in [0.29, 0.717) is 16.8 Å². The largest absolute Gasteiger partial charge is 0.487 e. The highest BCUT2D eigenvalue weighted by atomic mass is 35.5. The van der Waals surface area contributed by atoms with Crippen molar-refractivity contribution in [1.29, 1.82) is 0 Å². The van der Waals surface area contributed by atoms with Gasteiger partial charge in [-0.15, -0.1) is 0 Å². The van der Waals surface area contributed by atoms with E-state index in [2.05, 4.69) is 25.4 Å². The first kappa shape index (κ1) is 25.4. The predicted octanol–water partition coefficient (Wildman–Crippen LogP) is 4.56. The topological polar surface area (TPSA) is 108 Å². The van der Waals surface area contributed by atoms with Crippen LogP contribution in [0, 0.1) is 19.7 Å². The number of para-hydroxylation sites is 1. The van der Waals surface area contributed by atoms with Gasteiger partial charge in [-0.1, -0.05) is 23.7 Å². The molecule has 5 rings (SSSR count). The zero-order valence-electron chi connectivity index (χ0n) is 20.7. The minimum atomic E-state index is -1.52. The summed E-state index contributed by atoms with van der Waals surface area (Å²) in [6.07, 6.45) is 3.79. The number of rotatable bonds is 7. The summed E-state index contributed by atoms with van der Waals surface area (Å²) in [5.41, 5.74) is 1.30. The molecule has 2 radical (unpaired) electrons. The molecule has 5 aromatic rings. The van der Waals surface area contributed by atoms with Crippen molar-refractivity contribution in [3.63, 3.8) is 0 Å². The van der Waals surface area contributed by atoms with Gasteiger partial charge in [-0.3, -0.25) is 4.79 Å². The van der Waals surface area contributed by atoms with E-state index in [9.17, 15) is 9.18 Å². The van der Waals surface area contributed by atoms with Crippen LogP contribution in [0.4, 0.5) is 4.39 Å². The van der Waals surface area contributed by atoms with E-state index in [0.717, 1.165) is 35.1 Å². The van der Waals surface area contributed by atoms with E-state index in [1.807, 2.05) is 32.0 Å². The third-order valence-corrected chi connectivity index (χ3v) is 6.32. The molecule has 0 fully saturated rings. The fraction of sp³-hybridized carbons (Fsp3) is 0.192. The highest BCUT2D eigenvalue weighted by Crippen LogP contribution is 2.33. The predicted molar refractivity (Wildman–Crippen MR) is 139 cm³/mol. The number of nitrogens with zero attached hydrogens (tertiary/aromatic N) is 5. The molecule has 0 saturated carbocycles. The maximum atomic E-state index is 14.4. The summed E-state index contributed by atoms with van der Waals surface area (Å²) in [4.78, 5) is 25.3. The van der Waals surface area contributed by atoms with Crippen LogP contribution in [0.2, 0.25) is 5.02 Å². The van der Waals surface area contributed by atoms with Crippen molar-refractivity contribution in [3.8, 4) is 11.4 Å². The Labute approximate surface area is 223 Å². The normalized spacial score (nSPS) is 12.9. The quantitative estimate of drug-likeness (QED) is 0.307. The van der Waals surface area contributed by atoms with Crippen molar-refractivity contribution in [3.05, 3.63) is 94.6 Å². The van der Waals surface area contributed by atoms with E-state index >= 15 is 0 Å². The maximum absolute atomic E-state index is 14.4. The Morgan fingerprint density at radius 1 is 1.26 bits per heavy atom. The van der Waals surface area contributed by atoms with Crippen molar-refractivity contribution in [1.82, 2.24) is 30.0 Å². The molecule has 1 atom stereocenters. The Morgan fingerprint density at radius 2 is 2.08 bits per heavy atom. The number of halogens is 2. The van der Waals surface area contributed by atoms with Gasteiger partial charge in [-0.25, -0.2) is 24.0 Å². The van der Waals surface area contributed by atoms with Crippen LogP contribution in [-0.4, -0.2) is 38.5 Å². The smallest absolute Gasteiger partial charge is 0.273 e. The van der Waals surface area contributed by atoms with E-state index in [-0.39, 0.29) is 22.9 Å². The molecule has 0 aliphatic heterocycles. The van der Waals surface area contributed by atoms with Gasteiger partial charge in [0.1, 0.15) is 50.0 Å². The van der Waals surface area contributed by atoms with Gasteiger partial charge < -0.3 is 14.5 Å². The lowest BCUT2D eigenvalue weighted by Crippen LogP contribution is -2.45. The molecule has 2 aromatic carbocycles. The second kappa shape index (κ2) is 9.90. The maximum Gasteiger partial charge on any atom is 0.273 e. The summed E-state index contributed by atoms with van der Waals surface area (Å²) in [5.74, 6) is -0.0140. The zero-order chi connectivity index (χ0) is 27.0. The first-order valence-corrected chi connectivity index (χ1v) is 11.9. The number of aryl methyl sites for hydroxylation is 2. The molecule has 0 spiro atoms. The lowest BCUT2D eigenvalue weighted by molar-refractivity contribution is 0.0924. The van der Waals surface area contributed by atoms with Crippen LogP contribution in [0.15, 0.2) is 59.8 Å². The van der Waals surface area contributed by atoms with Crippen molar-refractivity contribution in [2.45, 2.75) is 32.8 Å². The lowest BCUT2D eigenvalue weighted by atomic mass is 9.72. The van der Waals surface area contributed by atoms with Gasteiger partial charge in [0, 0.05) is 22.1 Å². The summed E-state index contributed by atoms with van der Waals surface area (Å²) in [5, 5.41) is 7.86. The number of pyridine rings is 1. The third kappa shape index (κ3) is 4.84. The number of fused-ring (bicyclic) bond motifs is 1. The van der Waals surface area contributed by atoms with Crippen LogP contribution in [-0.2, 0) is 12.0 Å².